The van der Waals surface area contributed by atoms with E-state index < -0.39 is 0 Å². The van der Waals surface area contributed by atoms with Crippen LogP contribution in [0.25, 0.3) is 0 Å². The summed E-state index contributed by atoms with van der Waals surface area (Å²) in [6, 6.07) is 6.42. The maximum atomic E-state index is 12.8. The van der Waals surface area contributed by atoms with Crippen LogP contribution < -0.4 is 10.5 Å². The van der Waals surface area contributed by atoms with Gasteiger partial charge < -0.3 is 4.90 Å². The third-order valence-corrected chi connectivity index (χ3v) is 5.81. The fourth-order valence-electron chi connectivity index (χ4n) is 4.14. The van der Waals surface area contributed by atoms with Gasteiger partial charge in [0.15, 0.2) is 5.82 Å². The van der Waals surface area contributed by atoms with Crippen LogP contribution in [0.3, 0.4) is 0 Å². The standard InChI is InChI=1S/C23H29N5O/c1-14(2)20-16(4)23(29)28-22(25-20)21(17(5)26-28)24-19-10-9-18(13-15(19)3)27-11-7-6-8-12-27/h9-10,13-14H,6-8,11-12H2,1-5H3. The summed E-state index contributed by atoms with van der Waals surface area (Å²) in [6.45, 7) is 12.1. The van der Waals surface area contributed by atoms with Crippen molar-refractivity contribution in [2.24, 2.45) is 10.1 Å². The van der Waals surface area contributed by atoms with Gasteiger partial charge in [-0.1, -0.05) is 13.8 Å². The number of aryl methyl sites for hydroxylation is 1. The molecule has 2 aliphatic heterocycles. The number of anilines is 1. The Morgan fingerprint density at radius 2 is 1.79 bits per heavy atom. The molecule has 3 heterocycles. The van der Waals surface area contributed by atoms with E-state index in [0.29, 0.717) is 17.1 Å². The number of nitrogens with zero attached hydrogens (tertiary/aromatic N) is 5. The van der Waals surface area contributed by atoms with E-state index in [2.05, 4.69) is 49.0 Å². The van der Waals surface area contributed by atoms with Gasteiger partial charge >= 0.3 is 0 Å². The van der Waals surface area contributed by atoms with Gasteiger partial charge in [-0.05, 0) is 69.7 Å². The first-order valence-corrected chi connectivity index (χ1v) is 10.5. The molecule has 6 heteroatoms. The molecule has 0 atom stereocenters. The van der Waals surface area contributed by atoms with Gasteiger partial charge in [-0.15, -0.1) is 0 Å². The average Bonchev–Trinajstić information content (AvgIpc) is 3.02. The number of piperidine rings is 1. The van der Waals surface area contributed by atoms with Gasteiger partial charge in [0.1, 0.15) is 5.71 Å². The molecule has 0 amide bonds. The predicted molar refractivity (Wildman–Crippen MR) is 119 cm³/mol. The smallest absolute Gasteiger partial charge is 0.277 e. The highest BCUT2D eigenvalue weighted by atomic mass is 16.1. The largest absolute Gasteiger partial charge is 0.372 e. The molecule has 0 saturated carbocycles. The molecule has 1 aromatic heterocycles. The first-order chi connectivity index (χ1) is 13.9. The van der Waals surface area contributed by atoms with Crippen molar-refractivity contribution in [3.05, 3.63) is 51.2 Å². The molecule has 1 aromatic carbocycles. The monoisotopic (exact) mass is 391 g/mol. The van der Waals surface area contributed by atoms with Gasteiger partial charge in [-0.2, -0.15) is 9.78 Å². The van der Waals surface area contributed by atoms with Crippen LogP contribution in [0.5, 0.6) is 0 Å². The lowest BCUT2D eigenvalue weighted by atomic mass is 10.1. The normalized spacial score (nSPS) is 17.8. The summed E-state index contributed by atoms with van der Waals surface area (Å²) >= 11 is 0. The van der Waals surface area contributed by atoms with Crippen molar-refractivity contribution in [1.29, 1.82) is 0 Å². The van der Waals surface area contributed by atoms with Crippen LogP contribution in [-0.2, 0) is 0 Å². The number of hydrogen-bond acceptors (Lipinski definition) is 5. The van der Waals surface area contributed by atoms with E-state index in [1.54, 1.807) is 0 Å². The zero-order valence-corrected chi connectivity index (χ0v) is 18.0. The second-order valence-corrected chi connectivity index (χ2v) is 8.38. The molecular weight excluding hydrogens is 362 g/mol. The second-order valence-electron chi connectivity index (χ2n) is 8.38. The summed E-state index contributed by atoms with van der Waals surface area (Å²) in [6.07, 6.45) is 3.84. The lowest BCUT2D eigenvalue weighted by Gasteiger charge is -2.29. The van der Waals surface area contributed by atoms with Crippen LogP contribution in [0.1, 0.15) is 68.6 Å². The van der Waals surface area contributed by atoms with E-state index >= 15 is 0 Å². The highest BCUT2D eigenvalue weighted by Gasteiger charge is 2.26. The summed E-state index contributed by atoms with van der Waals surface area (Å²) in [5.41, 5.74) is 6.03. The Hall–Kier alpha value is -2.76. The van der Waals surface area contributed by atoms with Crippen molar-refractivity contribution in [3.8, 4) is 0 Å². The predicted octanol–water partition coefficient (Wildman–Crippen LogP) is 4.33. The van der Waals surface area contributed by atoms with Crippen LogP contribution in [0, 0.1) is 13.8 Å². The molecule has 152 valence electrons. The summed E-state index contributed by atoms with van der Waals surface area (Å²) < 4.78 is 1.40. The quantitative estimate of drug-likeness (QED) is 0.782. The number of aromatic nitrogens is 2. The van der Waals surface area contributed by atoms with Crippen molar-refractivity contribution >= 4 is 22.8 Å². The summed E-state index contributed by atoms with van der Waals surface area (Å²) in [5, 5.41) is 4.43. The van der Waals surface area contributed by atoms with Crippen LogP contribution in [0.2, 0.25) is 0 Å². The Balaban J connectivity index is 1.75. The molecule has 29 heavy (non-hydrogen) atoms. The molecule has 0 spiro atoms. The molecule has 6 nitrogen and oxygen atoms in total. The Morgan fingerprint density at radius 1 is 1.07 bits per heavy atom. The molecule has 1 saturated heterocycles. The number of rotatable bonds is 3. The molecule has 0 N–H and O–H groups in total. The molecular formula is C23H29N5O. The first-order valence-electron chi connectivity index (χ1n) is 10.5. The van der Waals surface area contributed by atoms with Crippen molar-refractivity contribution < 1.29 is 0 Å². The van der Waals surface area contributed by atoms with E-state index in [1.165, 1.54) is 29.6 Å². The van der Waals surface area contributed by atoms with Crippen LogP contribution in [0.15, 0.2) is 33.1 Å². The van der Waals surface area contributed by atoms with E-state index in [4.69, 9.17) is 9.98 Å². The van der Waals surface area contributed by atoms with Crippen molar-refractivity contribution in [2.45, 2.75) is 59.8 Å². The number of aliphatic imine (C=N–C) groups is 1. The molecule has 0 aliphatic carbocycles. The van der Waals surface area contributed by atoms with Gasteiger partial charge in [-0.25, -0.2) is 9.98 Å². The first kappa shape index (κ1) is 19.6. The number of hydrogen-bond donors (Lipinski definition) is 0. The minimum atomic E-state index is -0.111. The van der Waals surface area contributed by atoms with Crippen LogP contribution >= 0.6 is 0 Å². The fourth-order valence-corrected chi connectivity index (χ4v) is 4.14. The fraction of sp³-hybridized carbons (Fsp3) is 0.478. The van der Waals surface area contributed by atoms with Gasteiger partial charge in [-0.3, -0.25) is 4.79 Å². The van der Waals surface area contributed by atoms with E-state index in [9.17, 15) is 4.79 Å². The minimum Gasteiger partial charge on any atom is -0.372 e. The topological polar surface area (TPSA) is 62.9 Å². The summed E-state index contributed by atoms with van der Waals surface area (Å²) in [4.78, 5) is 24.9. The second kappa shape index (κ2) is 7.58. The molecule has 0 unspecified atom stereocenters. The van der Waals surface area contributed by atoms with Gasteiger partial charge in [0.2, 0.25) is 0 Å². The van der Waals surface area contributed by atoms with E-state index in [-0.39, 0.29) is 11.5 Å². The molecule has 0 radical (unpaired) electrons. The van der Waals surface area contributed by atoms with E-state index in [1.807, 2.05) is 13.8 Å². The molecule has 1 fully saturated rings. The highest BCUT2D eigenvalue weighted by Crippen LogP contribution is 2.28. The van der Waals surface area contributed by atoms with Crippen molar-refractivity contribution in [2.75, 3.05) is 18.0 Å². The third-order valence-electron chi connectivity index (χ3n) is 5.81. The Morgan fingerprint density at radius 3 is 2.45 bits per heavy atom. The Labute approximate surface area is 172 Å². The lowest BCUT2D eigenvalue weighted by Crippen LogP contribution is -2.29. The zero-order chi connectivity index (χ0) is 20.7. The van der Waals surface area contributed by atoms with Crippen molar-refractivity contribution in [3.63, 3.8) is 0 Å². The maximum Gasteiger partial charge on any atom is 0.277 e. The van der Waals surface area contributed by atoms with Crippen molar-refractivity contribution in [1.82, 2.24) is 9.66 Å². The third kappa shape index (κ3) is 3.52. The van der Waals surface area contributed by atoms with Crippen LogP contribution in [-0.4, -0.2) is 34.2 Å². The SMILES string of the molecule is CC1=Nn2c(nc(C(C)C)c(C)c2=O)C1=Nc1ccc(N2CCCCC2)cc1C. The van der Waals surface area contributed by atoms with E-state index in [0.717, 1.165) is 35.7 Å². The molecule has 4 rings (SSSR count). The molecule has 0 bridgehead atoms. The molecule has 2 aliphatic rings. The van der Waals surface area contributed by atoms with Gasteiger partial charge in [0.25, 0.3) is 5.56 Å². The zero-order valence-electron chi connectivity index (χ0n) is 18.0. The Kier molecular flexibility index (Phi) is 5.11. The summed E-state index contributed by atoms with van der Waals surface area (Å²) in [5.74, 6) is 0.711. The lowest BCUT2D eigenvalue weighted by molar-refractivity contribution is 0.578. The van der Waals surface area contributed by atoms with Gasteiger partial charge in [0, 0.05) is 24.3 Å². The van der Waals surface area contributed by atoms with Gasteiger partial charge in [0.05, 0.1) is 17.1 Å². The average molecular weight is 392 g/mol. The van der Waals surface area contributed by atoms with Crippen LogP contribution in [0.4, 0.5) is 11.4 Å². The molecule has 2 aromatic rings. The highest BCUT2D eigenvalue weighted by molar-refractivity contribution is 6.48. The summed E-state index contributed by atoms with van der Waals surface area (Å²) in [7, 11) is 0. The number of fused-ring (bicyclic) bond motifs is 1. The Bertz CT molecular complexity index is 1070. The maximum absolute atomic E-state index is 12.8. The number of benzene rings is 1. The minimum absolute atomic E-state index is 0.111.